The Morgan fingerprint density at radius 3 is 2.55 bits per heavy atom. The lowest BCUT2D eigenvalue weighted by atomic mass is 9.81. The number of piperidine rings is 1. The average molecular weight is 319 g/mol. The summed E-state index contributed by atoms with van der Waals surface area (Å²) in [6, 6.07) is -2.56. The van der Waals surface area contributed by atoms with Crippen LogP contribution in [-0.4, -0.2) is 105 Å². The van der Waals surface area contributed by atoms with Gasteiger partial charge in [-0.05, 0) is 0 Å². The van der Waals surface area contributed by atoms with Crippen molar-refractivity contribution in [3.63, 3.8) is 0 Å². The fourth-order valence-corrected chi connectivity index (χ4v) is 3.24. The number of fused-ring (bicyclic) bond motifs is 2. The number of carbonyl (C=O) groups excluding carboxylic acids is 1. The van der Waals surface area contributed by atoms with Crippen LogP contribution >= 0.6 is 0 Å². The molecule has 126 valence electrons. The zero-order chi connectivity index (χ0) is 16.1. The maximum Gasteiger partial charge on any atom is 0.241 e. The lowest BCUT2D eigenvalue weighted by Crippen LogP contribution is -2.73. The number of amides is 1. The summed E-state index contributed by atoms with van der Waals surface area (Å²) < 4.78 is 10.3. The average Bonchev–Trinajstić information content (AvgIpc) is 2.78. The molecule has 2 bridgehead atoms. The minimum Gasteiger partial charge on any atom is -0.388 e. The molecule has 3 rings (SSSR count). The molecule has 3 aliphatic heterocycles. The Labute approximate surface area is 126 Å². The minimum atomic E-state index is -1.96. The zero-order valence-electron chi connectivity index (χ0n) is 11.9. The summed E-state index contributed by atoms with van der Waals surface area (Å²) in [6.45, 7) is 1.17. The van der Waals surface area contributed by atoms with Gasteiger partial charge in [0.15, 0.2) is 6.23 Å². The topological polar surface area (TPSA) is 149 Å². The minimum absolute atomic E-state index is 0.355. The van der Waals surface area contributed by atoms with Gasteiger partial charge in [0, 0.05) is 13.1 Å². The number of morpholine rings is 1. The van der Waals surface area contributed by atoms with E-state index in [4.69, 9.17) is 15.2 Å². The summed E-state index contributed by atoms with van der Waals surface area (Å²) >= 11 is 0. The molecule has 3 heterocycles. The number of hydroxylamine groups is 2. The number of rotatable bonds is 2. The summed E-state index contributed by atoms with van der Waals surface area (Å²) in [5, 5.41) is 41.2. The van der Waals surface area contributed by atoms with E-state index >= 15 is 0 Å². The third kappa shape index (κ3) is 2.23. The first-order valence-corrected chi connectivity index (χ1v) is 7.17. The highest BCUT2D eigenvalue weighted by atomic mass is 16.6. The van der Waals surface area contributed by atoms with Crippen molar-refractivity contribution in [1.82, 2.24) is 9.96 Å². The second-order valence-electron chi connectivity index (χ2n) is 5.92. The molecule has 0 spiro atoms. The van der Waals surface area contributed by atoms with Gasteiger partial charge in [-0.3, -0.25) is 4.79 Å². The monoisotopic (exact) mass is 319 g/mol. The predicted octanol–water partition coefficient (Wildman–Crippen LogP) is -3.94. The van der Waals surface area contributed by atoms with Gasteiger partial charge in [-0.25, -0.2) is 0 Å². The predicted molar refractivity (Wildman–Crippen MR) is 69.5 cm³/mol. The van der Waals surface area contributed by atoms with Crippen LogP contribution in [-0.2, 0) is 14.3 Å². The summed E-state index contributed by atoms with van der Waals surface area (Å²) in [4.78, 5) is 13.9. The van der Waals surface area contributed by atoms with Gasteiger partial charge in [0.05, 0.1) is 25.9 Å². The van der Waals surface area contributed by atoms with Crippen LogP contribution in [0.3, 0.4) is 0 Å². The van der Waals surface area contributed by atoms with Crippen LogP contribution in [0, 0.1) is 0 Å². The second-order valence-corrected chi connectivity index (χ2v) is 5.92. The van der Waals surface area contributed by atoms with Crippen molar-refractivity contribution in [2.24, 2.45) is 5.73 Å². The van der Waals surface area contributed by atoms with E-state index in [1.807, 2.05) is 0 Å². The van der Waals surface area contributed by atoms with Crippen LogP contribution in [0.15, 0.2) is 0 Å². The number of hydrogen-bond donors (Lipinski definition) is 5. The van der Waals surface area contributed by atoms with Gasteiger partial charge < -0.3 is 40.6 Å². The van der Waals surface area contributed by atoms with Gasteiger partial charge in [-0.1, -0.05) is 0 Å². The molecule has 3 saturated heterocycles. The maximum atomic E-state index is 12.4. The Morgan fingerprint density at radius 2 is 1.91 bits per heavy atom. The molecule has 0 aliphatic carbocycles. The summed E-state index contributed by atoms with van der Waals surface area (Å²) in [7, 11) is 0. The van der Waals surface area contributed by atoms with E-state index in [-0.39, 0.29) is 6.61 Å². The van der Waals surface area contributed by atoms with Crippen LogP contribution in [0.1, 0.15) is 0 Å². The molecular weight excluding hydrogens is 298 g/mol. The fraction of sp³-hybridized carbons (Fsp3) is 0.917. The van der Waals surface area contributed by atoms with Gasteiger partial charge in [-0.15, -0.1) is 0 Å². The summed E-state index contributed by atoms with van der Waals surface area (Å²) in [6.07, 6.45) is -4.36. The molecule has 10 nitrogen and oxygen atoms in total. The third-order valence-electron chi connectivity index (χ3n) is 4.65. The molecular formula is C12H21N3O7. The maximum absolute atomic E-state index is 12.4. The van der Waals surface area contributed by atoms with E-state index in [0.29, 0.717) is 31.4 Å². The number of nitrogens with zero attached hydrogens (tertiary/aromatic N) is 2. The third-order valence-corrected chi connectivity index (χ3v) is 4.65. The van der Waals surface area contributed by atoms with E-state index < -0.39 is 42.0 Å². The molecule has 3 aliphatic rings. The highest BCUT2D eigenvalue weighted by molar-refractivity contribution is 5.82. The standard InChI is InChI=1S/C12H21N3O7/c13-6(10(18)14-1-3-21-4-2-14)7-8(16)12(19)5-22-11(9(12)17)15(7)20/h6-9,11,16-17,19-20H,1-5,13H2. The molecule has 0 aromatic heterocycles. The van der Waals surface area contributed by atoms with Gasteiger partial charge in [-0.2, -0.15) is 5.06 Å². The van der Waals surface area contributed by atoms with Gasteiger partial charge in [0.1, 0.15) is 23.9 Å². The summed E-state index contributed by atoms with van der Waals surface area (Å²) in [5.41, 5.74) is 3.96. The first-order chi connectivity index (χ1) is 10.4. The smallest absolute Gasteiger partial charge is 0.241 e. The fourth-order valence-electron chi connectivity index (χ4n) is 3.24. The van der Waals surface area contributed by atoms with Crippen LogP contribution in [0.4, 0.5) is 0 Å². The van der Waals surface area contributed by atoms with E-state index in [1.165, 1.54) is 4.90 Å². The Balaban J connectivity index is 1.79. The number of aliphatic hydroxyl groups excluding tert-OH is 2. The molecule has 0 saturated carbocycles. The van der Waals surface area contributed by atoms with E-state index in [1.54, 1.807) is 0 Å². The quantitative estimate of drug-likeness (QED) is 0.344. The van der Waals surface area contributed by atoms with E-state index in [0.717, 1.165) is 0 Å². The first-order valence-electron chi connectivity index (χ1n) is 7.17. The number of ether oxygens (including phenoxy) is 2. The molecule has 0 aromatic rings. The van der Waals surface area contributed by atoms with E-state index in [9.17, 15) is 25.3 Å². The molecule has 10 heteroatoms. The van der Waals surface area contributed by atoms with Crippen molar-refractivity contribution in [2.45, 2.75) is 36.1 Å². The second kappa shape index (κ2) is 5.65. The van der Waals surface area contributed by atoms with Crippen LogP contribution in [0.5, 0.6) is 0 Å². The molecule has 22 heavy (non-hydrogen) atoms. The van der Waals surface area contributed by atoms with Crippen LogP contribution < -0.4 is 5.73 Å². The Bertz CT molecular complexity index is 446. The van der Waals surface area contributed by atoms with Gasteiger partial charge >= 0.3 is 0 Å². The van der Waals surface area contributed by atoms with Crippen molar-refractivity contribution < 1.29 is 34.8 Å². The Kier molecular flexibility index (Phi) is 4.12. The molecule has 0 radical (unpaired) electrons. The normalized spacial score (nSPS) is 44.1. The highest BCUT2D eigenvalue weighted by Crippen LogP contribution is 2.38. The SMILES string of the molecule is NC(C(=O)N1CCOCC1)C1C(O)C2(O)COC(C2O)N1O. The highest BCUT2D eigenvalue weighted by Gasteiger charge is 2.64. The van der Waals surface area contributed by atoms with Crippen molar-refractivity contribution >= 4 is 5.91 Å². The van der Waals surface area contributed by atoms with Crippen molar-refractivity contribution in [1.29, 1.82) is 0 Å². The molecule has 6 atom stereocenters. The number of nitrogens with two attached hydrogens (primary N) is 1. The van der Waals surface area contributed by atoms with Crippen molar-refractivity contribution in [3.8, 4) is 0 Å². The van der Waals surface area contributed by atoms with E-state index in [2.05, 4.69) is 0 Å². The molecule has 0 aromatic carbocycles. The zero-order valence-corrected chi connectivity index (χ0v) is 11.9. The first kappa shape index (κ1) is 16.0. The largest absolute Gasteiger partial charge is 0.388 e. The molecule has 1 amide bonds. The Hall–Kier alpha value is -0.850. The number of carbonyl (C=O) groups is 1. The molecule has 3 fully saturated rings. The van der Waals surface area contributed by atoms with Gasteiger partial charge in [0.2, 0.25) is 5.91 Å². The van der Waals surface area contributed by atoms with Crippen LogP contribution in [0.25, 0.3) is 0 Å². The Morgan fingerprint density at radius 1 is 1.27 bits per heavy atom. The van der Waals surface area contributed by atoms with Gasteiger partial charge in [0.25, 0.3) is 0 Å². The lowest BCUT2D eigenvalue weighted by molar-refractivity contribution is -0.297. The number of hydrogen-bond acceptors (Lipinski definition) is 9. The van der Waals surface area contributed by atoms with Crippen molar-refractivity contribution in [2.75, 3.05) is 32.9 Å². The lowest BCUT2D eigenvalue weighted by Gasteiger charge is -2.47. The van der Waals surface area contributed by atoms with Crippen LogP contribution in [0.2, 0.25) is 0 Å². The summed E-state index contributed by atoms with van der Waals surface area (Å²) in [5.74, 6) is -0.467. The molecule has 6 unspecified atom stereocenters. The molecule has 6 N–H and O–H groups in total. The van der Waals surface area contributed by atoms with Crippen molar-refractivity contribution in [3.05, 3.63) is 0 Å². The number of aliphatic hydroxyl groups is 3.